The van der Waals surface area contributed by atoms with Gasteiger partial charge in [0.05, 0.1) is 28.1 Å². The molecule has 10 heteroatoms. The lowest BCUT2D eigenvalue weighted by Gasteiger charge is -2.05. The summed E-state index contributed by atoms with van der Waals surface area (Å²) in [6, 6.07) is 17.0. The summed E-state index contributed by atoms with van der Waals surface area (Å²) in [5.74, 6) is -1.47. The molecule has 0 spiro atoms. The normalized spacial score (nSPS) is 11.0. The van der Waals surface area contributed by atoms with Crippen molar-refractivity contribution in [2.24, 2.45) is 9.98 Å². The SMILES string of the molecule is O=C(O)c1ccc2c(c1)C(=O)OC2=O.O=C=Nc1ccc(Oc2ccc(N=C=O)cc2)cc1. The molecule has 1 N–H and O–H groups in total. The Morgan fingerprint density at radius 2 is 1.24 bits per heavy atom. The number of hydrogen-bond donors (Lipinski definition) is 1. The molecule has 1 aliphatic heterocycles. The van der Waals surface area contributed by atoms with E-state index in [1.54, 1.807) is 48.5 Å². The number of rotatable bonds is 5. The molecule has 0 atom stereocenters. The highest BCUT2D eigenvalue weighted by Crippen LogP contribution is 2.25. The Bertz CT molecular complexity index is 1260. The first-order chi connectivity index (χ1) is 15.9. The van der Waals surface area contributed by atoms with Gasteiger partial charge in [0.25, 0.3) is 0 Å². The number of esters is 2. The van der Waals surface area contributed by atoms with Crippen LogP contribution in [0.2, 0.25) is 0 Å². The van der Waals surface area contributed by atoms with E-state index < -0.39 is 17.9 Å². The zero-order chi connectivity index (χ0) is 23.8. The van der Waals surface area contributed by atoms with E-state index in [1.165, 1.54) is 24.3 Å². The summed E-state index contributed by atoms with van der Waals surface area (Å²) in [5.41, 5.74) is 1.10. The Morgan fingerprint density at radius 3 is 1.70 bits per heavy atom. The Morgan fingerprint density at radius 1 is 0.758 bits per heavy atom. The van der Waals surface area contributed by atoms with Crippen LogP contribution >= 0.6 is 0 Å². The molecule has 0 bridgehead atoms. The fourth-order valence-electron chi connectivity index (χ4n) is 2.64. The number of ether oxygens (including phenoxy) is 2. The van der Waals surface area contributed by atoms with E-state index in [9.17, 15) is 24.0 Å². The number of carbonyl (C=O) groups excluding carboxylic acids is 4. The van der Waals surface area contributed by atoms with E-state index in [4.69, 9.17) is 9.84 Å². The molecule has 3 aromatic carbocycles. The van der Waals surface area contributed by atoms with Crippen molar-refractivity contribution in [3.05, 3.63) is 83.4 Å². The number of benzene rings is 3. The average molecular weight is 444 g/mol. The van der Waals surface area contributed by atoms with Crippen molar-refractivity contribution in [2.75, 3.05) is 0 Å². The van der Waals surface area contributed by atoms with Crippen LogP contribution in [0.1, 0.15) is 31.1 Å². The molecule has 3 aromatic rings. The number of carboxylic acids is 1. The Labute approximate surface area is 185 Å². The number of nitrogens with zero attached hydrogens (tertiary/aromatic N) is 2. The number of cyclic esters (lactones) is 2. The van der Waals surface area contributed by atoms with Crippen molar-refractivity contribution in [1.82, 2.24) is 0 Å². The van der Waals surface area contributed by atoms with E-state index in [1.807, 2.05) is 0 Å². The molecule has 0 saturated carbocycles. The van der Waals surface area contributed by atoms with Crippen LogP contribution in [0.5, 0.6) is 11.5 Å². The molecule has 33 heavy (non-hydrogen) atoms. The number of hydrogen-bond acceptors (Lipinski definition) is 9. The Kier molecular flexibility index (Phi) is 6.98. The lowest BCUT2D eigenvalue weighted by molar-refractivity contribution is 0.0443. The fourth-order valence-corrected chi connectivity index (χ4v) is 2.64. The molecule has 1 aliphatic rings. The third-order valence-corrected chi connectivity index (χ3v) is 4.15. The van der Waals surface area contributed by atoms with Gasteiger partial charge in [0, 0.05) is 0 Å². The van der Waals surface area contributed by atoms with Crippen molar-refractivity contribution < 1.29 is 38.6 Å². The van der Waals surface area contributed by atoms with Crippen LogP contribution < -0.4 is 4.74 Å². The van der Waals surface area contributed by atoms with Crippen molar-refractivity contribution in [3.63, 3.8) is 0 Å². The minimum absolute atomic E-state index is 0.00917. The second-order valence-corrected chi connectivity index (χ2v) is 6.24. The molecule has 4 rings (SSSR count). The predicted molar refractivity (Wildman–Crippen MR) is 112 cm³/mol. The minimum Gasteiger partial charge on any atom is -0.478 e. The van der Waals surface area contributed by atoms with E-state index in [0.717, 1.165) is 6.07 Å². The Hall–Kier alpha value is -5.17. The summed E-state index contributed by atoms with van der Waals surface area (Å²) in [4.78, 5) is 59.6. The number of carboxylic acid groups (broad SMARTS) is 1. The van der Waals surface area contributed by atoms with E-state index >= 15 is 0 Å². The fraction of sp³-hybridized carbons (Fsp3) is 0. The zero-order valence-electron chi connectivity index (χ0n) is 16.6. The van der Waals surface area contributed by atoms with Gasteiger partial charge < -0.3 is 14.6 Å². The van der Waals surface area contributed by atoms with Gasteiger partial charge in [-0.3, -0.25) is 0 Å². The molecular formula is C23H12N2O8. The molecule has 162 valence electrons. The molecule has 0 amide bonds. The molecule has 0 fully saturated rings. The highest BCUT2D eigenvalue weighted by Gasteiger charge is 2.30. The van der Waals surface area contributed by atoms with Gasteiger partial charge in [-0.1, -0.05) is 0 Å². The van der Waals surface area contributed by atoms with E-state index in [0.29, 0.717) is 22.9 Å². The highest BCUT2D eigenvalue weighted by molar-refractivity contribution is 6.15. The summed E-state index contributed by atoms with van der Waals surface area (Å²) in [5, 5.41) is 8.63. The number of isocyanates is 2. The molecule has 1 heterocycles. The van der Waals surface area contributed by atoms with Crippen LogP contribution in [0.4, 0.5) is 11.4 Å². The quantitative estimate of drug-likeness (QED) is 0.267. The van der Waals surface area contributed by atoms with Gasteiger partial charge in [-0.15, -0.1) is 0 Å². The van der Waals surface area contributed by atoms with Crippen molar-refractivity contribution in [1.29, 1.82) is 0 Å². The van der Waals surface area contributed by atoms with Crippen LogP contribution in [0, 0.1) is 0 Å². The largest absolute Gasteiger partial charge is 0.478 e. The van der Waals surface area contributed by atoms with Gasteiger partial charge in [-0.25, -0.2) is 24.0 Å². The molecule has 0 radical (unpaired) electrons. The standard InChI is InChI=1S/C14H8N2O3.C9H4O5/c17-9-15-11-1-5-13(6-2-11)19-14-7-3-12(4-8-14)16-10-18;10-7(11)4-1-2-5-6(3-4)9(13)14-8(5)12/h1-8H;1-3H,(H,10,11). The molecule has 0 aliphatic carbocycles. The molecule has 0 unspecified atom stereocenters. The monoisotopic (exact) mass is 444 g/mol. The molecule has 10 nitrogen and oxygen atoms in total. The summed E-state index contributed by atoms with van der Waals surface area (Å²) in [6.45, 7) is 0. The second-order valence-electron chi connectivity index (χ2n) is 6.24. The van der Waals surface area contributed by atoms with Crippen molar-refractivity contribution in [3.8, 4) is 11.5 Å². The first-order valence-electron chi connectivity index (χ1n) is 9.09. The van der Waals surface area contributed by atoms with Crippen LogP contribution in [0.15, 0.2) is 76.7 Å². The average Bonchev–Trinajstić information content (AvgIpc) is 3.10. The summed E-state index contributed by atoms with van der Waals surface area (Å²) < 4.78 is 9.86. The zero-order valence-corrected chi connectivity index (χ0v) is 16.6. The van der Waals surface area contributed by atoms with Crippen LogP contribution in [-0.4, -0.2) is 35.2 Å². The smallest absolute Gasteiger partial charge is 0.346 e. The van der Waals surface area contributed by atoms with Crippen molar-refractivity contribution >= 4 is 41.4 Å². The van der Waals surface area contributed by atoms with Crippen LogP contribution in [0.3, 0.4) is 0 Å². The highest BCUT2D eigenvalue weighted by atomic mass is 16.6. The molecule has 0 aromatic heterocycles. The predicted octanol–water partition coefficient (Wildman–Crippen LogP) is 4.11. The summed E-state index contributed by atoms with van der Waals surface area (Å²) in [6.07, 6.45) is 2.93. The lowest BCUT2D eigenvalue weighted by atomic mass is 10.1. The van der Waals surface area contributed by atoms with E-state index in [-0.39, 0.29) is 16.7 Å². The van der Waals surface area contributed by atoms with E-state index in [2.05, 4.69) is 14.7 Å². The number of carbonyl (C=O) groups is 3. The first kappa shape index (κ1) is 22.5. The number of fused-ring (bicyclic) bond motifs is 1. The maximum atomic E-state index is 11.0. The molecular weight excluding hydrogens is 432 g/mol. The summed E-state index contributed by atoms with van der Waals surface area (Å²) >= 11 is 0. The third kappa shape index (κ3) is 5.71. The lowest BCUT2D eigenvalue weighted by Crippen LogP contribution is -2.00. The van der Waals surface area contributed by atoms with Gasteiger partial charge in [-0.05, 0) is 66.7 Å². The maximum absolute atomic E-state index is 11.0. The minimum atomic E-state index is -1.15. The topological polar surface area (TPSA) is 149 Å². The van der Waals surface area contributed by atoms with Crippen molar-refractivity contribution in [2.45, 2.75) is 0 Å². The van der Waals surface area contributed by atoms with Crippen LogP contribution in [-0.2, 0) is 14.3 Å². The molecule has 0 saturated heterocycles. The summed E-state index contributed by atoms with van der Waals surface area (Å²) in [7, 11) is 0. The van der Waals surface area contributed by atoms with Gasteiger partial charge in [0.2, 0.25) is 12.2 Å². The number of aliphatic imine (C=N–C) groups is 2. The second kappa shape index (κ2) is 10.2. The van der Waals surface area contributed by atoms with Gasteiger partial charge in [0.1, 0.15) is 11.5 Å². The van der Waals surface area contributed by atoms with Crippen LogP contribution in [0.25, 0.3) is 0 Å². The maximum Gasteiger partial charge on any atom is 0.346 e. The first-order valence-corrected chi connectivity index (χ1v) is 9.09. The number of aromatic carboxylic acids is 1. The third-order valence-electron chi connectivity index (χ3n) is 4.15. The van der Waals surface area contributed by atoms with Gasteiger partial charge in [-0.2, -0.15) is 9.98 Å². The Balaban J connectivity index is 0.000000194. The van der Waals surface area contributed by atoms with Gasteiger partial charge in [0.15, 0.2) is 0 Å². The van der Waals surface area contributed by atoms with Gasteiger partial charge >= 0.3 is 17.9 Å².